The molecule has 0 aromatic rings. The van der Waals surface area contributed by atoms with E-state index in [9.17, 15) is 14.4 Å². The van der Waals surface area contributed by atoms with Gasteiger partial charge >= 0.3 is 17.9 Å². The lowest BCUT2D eigenvalue weighted by atomic mass is 9.98. The number of carbonyl (C=O) groups excluding carboxylic acids is 3. The zero-order valence-electron chi connectivity index (χ0n) is 14.3. The fourth-order valence-electron chi connectivity index (χ4n) is 3.42. The first kappa shape index (κ1) is 18.5. The Morgan fingerprint density at radius 2 is 1.71 bits per heavy atom. The normalized spacial score (nSPS) is 24.5. The molecule has 2 aliphatic carbocycles. The van der Waals surface area contributed by atoms with Gasteiger partial charge in [0.1, 0.15) is 19.3 Å². The number of hydrogen-bond acceptors (Lipinski definition) is 6. The van der Waals surface area contributed by atoms with E-state index in [4.69, 9.17) is 14.2 Å². The molecule has 2 saturated carbocycles. The molecular formula is C18H26O6. The molecule has 2 bridgehead atoms. The molecule has 2 fully saturated rings. The van der Waals surface area contributed by atoms with Crippen LogP contribution in [0.5, 0.6) is 0 Å². The summed E-state index contributed by atoms with van der Waals surface area (Å²) >= 11 is 0. The molecular weight excluding hydrogens is 312 g/mol. The van der Waals surface area contributed by atoms with Gasteiger partial charge in [-0.25, -0.2) is 4.79 Å². The summed E-state index contributed by atoms with van der Waals surface area (Å²) in [5, 5.41) is 0. The molecule has 134 valence electrons. The lowest BCUT2D eigenvalue weighted by Gasteiger charge is -2.21. The van der Waals surface area contributed by atoms with Gasteiger partial charge in [0.2, 0.25) is 0 Å². The van der Waals surface area contributed by atoms with E-state index >= 15 is 0 Å². The first-order valence-corrected chi connectivity index (χ1v) is 8.63. The van der Waals surface area contributed by atoms with Crippen molar-refractivity contribution < 1.29 is 28.6 Å². The SMILES string of the molecule is C=C(C)C(=O)OCCOC(=O)CCCC(=O)OC1CC2CCC1C2. The fraction of sp³-hybridized carbons (Fsp3) is 0.722. The van der Waals surface area contributed by atoms with E-state index in [1.54, 1.807) is 6.92 Å². The van der Waals surface area contributed by atoms with Gasteiger partial charge in [0.15, 0.2) is 0 Å². The zero-order valence-corrected chi connectivity index (χ0v) is 14.3. The Morgan fingerprint density at radius 3 is 2.33 bits per heavy atom. The maximum atomic E-state index is 11.8. The van der Waals surface area contributed by atoms with Gasteiger partial charge in [0, 0.05) is 18.4 Å². The van der Waals surface area contributed by atoms with E-state index in [1.165, 1.54) is 19.3 Å². The predicted molar refractivity (Wildman–Crippen MR) is 85.9 cm³/mol. The average Bonchev–Trinajstić information content (AvgIpc) is 3.13. The summed E-state index contributed by atoms with van der Waals surface area (Å²) in [5.74, 6) is 0.145. The Labute approximate surface area is 142 Å². The third-order valence-electron chi connectivity index (χ3n) is 4.65. The van der Waals surface area contributed by atoms with Crippen LogP contribution in [0.15, 0.2) is 12.2 Å². The standard InChI is InChI=1S/C18H26O6/c1-12(2)18(21)23-9-8-22-16(19)4-3-5-17(20)24-15-11-13-6-7-14(15)10-13/h13-15H,1,3-11H2,2H3. The van der Waals surface area contributed by atoms with Crippen LogP contribution < -0.4 is 0 Å². The van der Waals surface area contributed by atoms with E-state index in [0.717, 1.165) is 12.3 Å². The summed E-state index contributed by atoms with van der Waals surface area (Å²) in [6.07, 6.45) is 5.52. The van der Waals surface area contributed by atoms with Gasteiger partial charge in [-0.3, -0.25) is 9.59 Å². The Kier molecular flexibility index (Phi) is 6.82. The van der Waals surface area contributed by atoms with Crippen LogP contribution in [-0.2, 0) is 28.6 Å². The molecule has 0 aromatic heterocycles. The van der Waals surface area contributed by atoms with Gasteiger partial charge in [-0.2, -0.15) is 0 Å². The predicted octanol–water partition coefficient (Wildman–Crippen LogP) is 2.55. The van der Waals surface area contributed by atoms with Crippen molar-refractivity contribution in [3.05, 3.63) is 12.2 Å². The Balaban J connectivity index is 1.49. The highest BCUT2D eigenvalue weighted by Gasteiger charge is 2.41. The number of rotatable bonds is 9. The minimum absolute atomic E-state index is 0.00368. The molecule has 6 heteroatoms. The number of carbonyl (C=O) groups is 3. The highest BCUT2D eigenvalue weighted by molar-refractivity contribution is 5.86. The van der Waals surface area contributed by atoms with Gasteiger partial charge in [-0.15, -0.1) is 0 Å². The van der Waals surface area contributed by atoms with E-state index < -0.39 is 11.9 Å². The summed E-state index contributed by atoms with van der Waals surface area (Å²) in [4.78, 5) is 34.4. The summed E-state index contributed by atoms with van der Waals surface area (Å²) in [6.45, 7) is 5.01. The van der Waals surface area contributed by atoms with Crippen LogP contribution in [0.25, 0.3) is 0 Å². The molecule has 0 aliphatic heterocycles. The maximum Gasteiger partial charge on any atom is 0.333 e. The number of hydrogen-bond donors (Lipinski definition) is 0. The Morgan fingerprint density at radius 1 is 1.00 bits per heavy atom. The van der Waals surface area contributed by atoms with Crippen LogP contribution >= 0.6 is 0 Å². The highest BCUT2D eigenvalue weighted by Crippen LogP contribution is 2.45. The first-order valence-electron chi connectivity index (χ1n) is 8.63. The largest absolute Gasteiger partial charge is 0.462 e. The second kappa shape index (κ2) is 8.85. The van der Waals surface area contributed by atoms with Gasteiger partial charge in [-0.1, -0.05) is 6.58 Å². The third-order valence-corrected chi connectivity index (χ3v) is 4.65. The van der Waals surface area contributed by atoms with Crippen LogP contribution in [0, 0.1) is 11.8 Å². The molecule has 0 amide bonds. The van der Waals surface area contributed by atoms with E-state index in [2.05, 4.69) is 6.58 Å². The van der Waals surface area contributed by atoms with Crippen molar-refractivity contribution in [2.75, 3.05) is 13.2 Å². The highest BCUT2D eigenvalue weighted by atomic mass is 16.6. The summed E-state index contributed by atoms with van der Waals surface area (Å²) < 4.78 is 15.3. The number of ether oxygens (including phenoxy) is 3. The second-order valence-electron chi connectivity index (χ2n) is 6.69. The number of fused-ring (bicyclic) bond motifs is 2. The van der Waals surface area contributed by atoms with Crippen molar-refractivity contribution in [3.63, 3.8) is 0 Å². The van der Waals surface area contributed by atoms with Crippen molar-refractivity contribution in [3.8, 4) is 0 Å². The van der Waals surface area contributed by atoms with Crippen LogP contribution in [-0.4, -0.2) is 37.2 Å². The third kappa shape index (κ3) is 5.65. The lowest BCUT2D eigenvalue weighted by Crippen LogP contribution is -2.24. The van der Waals surface area contributed by atoms with Gasteiger partial charge in [0.25, 0.3) is 0 Å². The van der Waals surface area contributed by atoms with Crippen molar-refractivity contribution in [2.24, 2.45) is 11.8 Å². The van der Waals surface area contributed by atoms with Crippen molar-refractivity contribution >= 4 is 17.9 Å². The molecule has 0 spiro atoms. The van der Waals surface area contributed by atoms with Crippen LogP contribution in [0.4, 0.5) is 0 Å². The van der Waals surface area contributed by atoms with Crippen molar-refractivity contribution in [1.82, 2.24) is 0 Å². The molecule has 0 N–H and O–H groups in total. The molecule has 2 aliphatic rings. The Bertz CT molecular complexity index is 498. The number of esters is 3. The van der Waals surface area contributed by atoms with E-state index in [1.807, 2.05) is 0 Å². The first-order chi connectivity index (χ1) is 11.5. The quantitative estimate of drug-likeness (QED) is 0.278. The molecule has 6 nitrogen and oxygen atoms in total. The summed E-state index contributed by atoms with van der Waals surface area (Å²) in [6, 6.07) is 0. The lowest BCUT2D eigenvalue weighted by molar-refractivity contribution is -0.153. The second-order valence-corrected chi connectivity index (χ2v) is 6.69. The van der Waals surface area contributed by atoms with Gasteiger partial charge in [0.05, 0.1) is 0 Å². The smallest absolute Gasteiger partial charge is 0.333 e. The molecule has 0 radical (unpaired) electrons. The minimum Gasteiger partial charge on any atom is -0.462 e. The van der Waals surface area contributed by atoms with Crippen LogP contribution in [0.3, 0.4) is 0 Å². The van der Waals surface area contributed by atoms with Crippen molar-refractivity contribution in [2.45, 2.75) is 58.0 Å². The molecule has 3 unspecified atom stereocenters. The van der Waals surface area contributed by atoms with E-state index in [-0.39, 0.29) is 38.1 Å². The fourth-order valence-corrected chi connectivity index (χ4v) is 3.42. The zero-order chi connectivity index (χ0) is 17.5. The molecule has 2 rings (SSSR count). The van der Waals surface area contributed by atoms with Crippen LogP contribution in [0.2, 0.25) is 0 Å². The minimum atomic E-state index is -0.505. The maximum absolute atomic E-state index is 11.8. The molecule has 0 saturated heterocycles. The Hall–Kier alpha value is -1.85. The van der Waals surface area contributed by atoms with Crippen molar-refractivity contribution in [1.29, 1.82) is 0 Å². The monoisotopic (exact) mass is 338 g/mol. The molecule has 24 heavy (non-hydrogen) atoms. The summed E-state index contributed by atoms with van der Waals surface area (Å²) in [5.41, 5.74) is 0.301. The van der Waals surface area contributed by atoms with E-state index in [0.29, 0.717) is 17.9 Å². The topological polar surface area (TPSA) is 78.9 Å². The molecule has 3 atom stereocenters. The average molecular weight is 338 g/mol. The van der Waals surface area contributed by atoms with Crippen LogP contribution in [0.1, 0.15) is 51.9 Å². The van der Waals surface area contributed by atoms with Gasteiger partial charge < -0.3 is 14.2 Å². The molecule has 0 aromatic carbocycles. The molecule has 0 heterocycles. The van der Waals surface area contributed by atoms with Gasteiger partial charge in [-0.05, 0) is 50.9 Å². The summed E-state index contributed by atoms with van der Waals surface area (Å²) in [7, 11) is 0.